The SMILES string of the molecule is Nc1cc(Br)cc(C(=O)Nc2cc(Br)ccc2C(=O)O)c1. The van der Waals surface area contributed by atoms with Gasteiger partial charge in [0.25, 0.3) is 5.91 Å². The molecule has 0 aliphatic carbocycles. The van der Waals surface area contributed by atoms with Crippen LogP contribution < -0.4 is 11.1 Å². The Morgan fingerprint density at radius 2 is 1.76 bits per heavy atom. The third-order valence-corrected chi connectivity index (χ3v) is 3.59. The van der Waals surface area contributed by atoms with Gasteiger partial charge in [-0.2, -0.15) is 0 Å². The van der Waals surface area contributed by atoms with Crippen LogP contribution in [0.4, 0.5) is 11.4 Å². The lowest BCUT2D eigenvalue weighted by Gasteiger charge is -2.10. The highest BCUT2D eigenvalue weighted by atomic mass is 79.9. The molecule has 0 saturated heterocycles. The number of carboxylic acids is 1. The molecule has 108 valence electrons. The number of aromatic carboxylic acids is 1. The van der Waals surface area contributed by atoms with Crippen molar-refractivity contribution in [2.24, 2.45) is 0 Å². The Balaban J connectivity index is 2.35. The minimum absolute atomic E-state index is 0.00881. The molecule has 0 spiro atoms. The maximum absolute atomic E-state index is 12.2. The van der Waals surface area contributed by atoms with E-state index in [0.29, 0.717) is 20.2 Å². The fourth-order valence-electron chi connectivity index (χ4n) is 1.74. The van der Waals surface area contributed by atoms with Crippen LogP contribution >= 0.6 is 31.9 Å². The lowest BCUT2D eigenvalue weighted by Crippen LogP contribution is -2.15. The number of benzene rings is 2. The molecule has 0 saturated carbocycles. The van der Waals surface area contributed by atoms with Gasteiger partial charge < -0.3 is 16.2 Å². The van der Waals surface area contributed by atoms with Gasteiger partial charge in [-0.1, -0.05) is 31.9 Å². The zero-order valence-electron chi connectivity index (χ0n) is 10.6. The predicted molar refractivity (Wildman–Crippen MR) is 87.6 cm³/mol. The molecule has 0 radical (unpaired) electrons. The van der Waals surface area contributed by atoms with Gasteiger partial charge in [-0.25, -0.2) is 4.79 Å². The highest BCUT2D eigenvalue weighted by Crippen LogP contribution is 2.23. The highest BCUT2D eigenvalue weighted by molar-refractivity contribution is 9.10. The Kier molecular flexibility index (Phi) is 4.64. The number of nitrogens with two attached hydrogens (primary N) is 1. The quantitative estimate of drug-likeness (QED) is 0.668. The molecule has 0 heterocycles. The van der Waals surface area contributed by atoms with Crippen LogP contribution in [0, 0.1) is 0 Å². The topological polar surface area (TPSA) is 92.4 Å². The molecule has 0 aliphatic heterocycles. The summed E-state index contributed by atoms with van der Waals surface area (Å²) in [6, 6.07) is 9.32. The highest BCUT2D eigenvalue weighted by Gasteiger charge is 2.14. The summed E-state index contributed by atoms with van der Waals surface area (Å²) in [6.45, 7) is 0. The maximum Gasteiger partial charge on any atom is 0.337 e. The van der Waals surface area contributed by atoms with E-state index in [1.54, 1.807) is 18.2 Å². The van der Waals surface area contributed by atoms with E-state index in [0.717, 1.165) is 0 Å². The minimum Gasteiger partial charge on any atom is -0.478 e. The average Bonchev–Trinajstić information content (AvgIpc) is 2.37. The number of hydrogen-bond acceptors (Lipinski definition) is 3. The molecule has 1 amide bonds. The van der Waals surface area contributed by atoms with Crippen LogP contribution in [0.2, 0.25) is 0 Å². The minimum atomic E-state index is -1.12. The maximum atomic E-state index is 12.2. The summed E-state index contributed by atoms with van der Waals surface area (Å²) in [5, 5.41) is 11.7. The molecule has 0 aromatic heterocycles. The zero-order chi connectivity index (χ0) is 15.6. The molecular weight excluding hydrogens is 404 g/mol. The molecule has 21 heavy (non-hydrogen) atoms. The van der Waals surface area contributed by atoms with Gasteiger partial charge in [0.15, 0.2) is 0 Å². The Labute approximate surface area is 137 Å². The van der Waals surface area contributed by atoms with Crippen LogP contribution in [-0.4, -0.2) is 17.0 Å². The van der Waals surface area contributed by atoms with E-state index in [9.17, 15) is 9.59 Å². The summed E-state index contributed by atoms with van der Waals surface area (Å²) in [7, 11) is 0. The predicted octanol–water partition coefficient (Wildman–Crippen LogP) is 3.74. The zero-order valence-corrected chi connectivity index (χ0v) is 13.7. The third-order valence-electron chi connectivity index (χ3n) is 2.64. The van der Waals surface area contributed by atoms with E-state index < -0.39 is 11.9 Å². The Bertz CT molecular complexity index is 712. The fourth-order valence-corrected chi connectivity index (χ4v) is 2.62. The van der Waals surface area contributed by atoms with Crippen LogP contribution in [-0.2, 0) is 0 Å². The number of hydrogen-bond donors (Lipinski definition) is 3. The second kappa shape index (κ2) is 6.28. The molecule has 0 fully saturated rings. The van der Waals surface area contributed by atoms with Crippen LogP contribution in [0.1, 0.15) is 20.7 Å². The molecule has 0 atom stereocenters. The van der Waals surface area contributed by atoms with Gasteiger partial charge in [0, 0.05) is 20.2 Å². The summed E-state index contributed by atoms with van der Waals surface area (Å²) in [5.41, 5.74) is 6.66. The van der Waals surface area contributed by atoms with Crippen molar-refractivity contribution in [2.75, 3.05) is 11.1 Å². The summed E-state index contributed by atoms with van der Waals surface area (Å²) in [4.78, 5) is 23.4. The molecule has 0 bridgehead atoms. The molecule has 2 aromatic carbocycles. The standard InChI is InChI=1S/C14H10Br2N2O3/c15-8-1-2-11(14(20)21)12(6-8)18-13(19)7-3-9(16)5-10(17)4-7/h1-6H,17H2,(H,18,19)(H,20,21). The molecule has 5 nitrogen and oxygen atoms in total. The van der Waals surface area contributed by atoms with Gasteiger partial charge in [-0.15, -0.1) is 0 Å². The molecule has 7 heteroatoms. The van der Waals surface area contributed by atoms with Gasteiger partial charge >= 0.3 is 5.97 Å². The van der Waals surface area contributed by atoms with Crippen molar-refractivity contribution in [1.82, 2.24) is 0 Å². The molecular formula is C14H10Br2N2O3. The van der Waals surface area contributed by atoms with Crippen molar-refractivity contribution in [3.05, 3.63) is 56.5 Å². The van der Waals surface area contributed by atoms with E-state index in [1.807, 2.05) is 0 Å². The first-order valence-corrected chi connectivity index (χ1v) is 7.35. The largest absolute Gasteiger partial charge is 0.478 e. The average molecular weight is 414 g/mol. The Morgan fingerprint density at radius 3 is 2.38 bits per heavy atom. The fraction of sp³-hybridized carbons (Fsp3) is 0. The number of nitrogen functional groups attached to an aromatic ring is 1. The van der Waals surface area contributed by atoms with Crippen molar-refractivity contribution >= 4 is 55.1 Å². The lowest BCUT2D eigenvalue weighted by atomic mass is 10.1. The van der Waals surface area contributed by atoms with Gasteiger partial charge in [0.1, 0.15) is 0 Å². The summed E-state index contributed by atoms with van der Waals surface area (Å²) < 4.78 is 1.33. The lowest BCUT2D eigenvalue weighted by molar-refractivity contribution is 0.0698. The molecule has 4 N–H and O–H groups in total. The molecule has 2 aromatic rings. The van der Waals surface area contributed by atoms with Crippen LogP contribution in [0.3, 0.4) is 0 Å². The van der Waals surface area contributed by atoms with E-state index in [-0.39, 0.29) is 11.3 Å². The number of halogens is 2. The molecule has 2 rings (SSSR count). The van der Waals surface area contributed by atoms with E-state index in [1.165, 1.54) is 18.2 Å². The number of nitrogens with one attached hydrogen (secondary N) is 1. The first-order valence-electron chi connectivity index (χ1n) is 5.77. The van der Waals surface area contributed by atoms with Crippen LogP contribution in [0.5, 0.6) is 0 Å². The normalized spacial score (nSPS) is 10.2. The van der Waals surface area contributed by atoms with Gasteiger partial charge in [0.2, 0.25) is 0 Å². The van der Waals surface area contributed by atoms with Crippen LogP contribution in [0.15, 0.2) is 45.3 Å². The van der Waals surface area contributed by atoms with Crippen molar-refractivity contribution in [2.45, 2.75) is 0 Å². The first-order chi connectivity index (χ1) is 9.86. The Morgan fingerprint density at radius 1 is 1.05 bits per heavy atom. The second-order valence-corrected chi connectivity index (χ2v) is 6.05. The monoisotopic (exact) mass is 412 g/mol. The number of anilines is 2. The van der Waals surface area contributed by atoms with Gasteiger partial charge in [-0.05, 0) is 36.4 Å². The summed E-state index contributed by atoms with van der Waals surface area (Å²) >= 11 is 6.50. The van der Waals surface area contributed by atoms with Crippen molar-refractivity contribution in [3.8, 4) is 0 Å². The van der Waals surface area contributed by atoms with Crippen molar-refractivity contribution in [1.29, 1.82) is 0 Å². The van der Waals surface area contributed by atoms with E-state index >= 15 is 0 Å². The van der Waals surface area contributed by atoms with Crippen LogP contribution in [0.25, 0.3) is 0 Å². The number of carboxylic acid groups (broad SMARTS) is 1. The molecule has 0 unspecified atom stereocenters. The summed E-state index contributed by atoms with van der Waals surface area (Å²) in [6.07, 6.45) is 0. The van der Waals surface area contributed by atoms with Crippen molar-refractivity contribution < 1.29 is 14.7 Å². The second-order valence-electron chi connectivity index (χ2n) is 4.22. The number of carbonyl (C=O) groups excluding carboxylic acids is 1. The number of amides is 1. The van der Waals surface area contributed by atoms with Gasteiger partial charge in [-0.3, -0.25) is 4.79 Å². The number of rotatable bonds is 3. The molecule has 0 aliphatic rings. The Hall–Kier alpha value is -1.86. The summed E-state index contributed by atoms with van der Waals surface area (Å²) in [5.74, 6) is -1.56. The van der Waals surface area contributed by atoms with E-state index in [4.69, 9.17) is 10.8 Å². The number of carbonyl (C=O) groups is 2. The smallest absolute Gasteiger partial charge is 0.337 e. The van der Waals surface area contributed by atoms with Gasteiger partial charge in [0.05, 0.1) is 11.3 Å². The third kappa shape index (κ3) is 3.83. The van der Waals surface area contributed by atoms with E-state index in [2.05, 4.69) is 37.2 Å². The first kappa shape index (κ1) is 15.5. The van der Waals surface area contributed by atoms with Crippen molar-refractivity contribution in [3.63, 3.8) is 0 Å².